The zero-order valence-corrected chi connectivity index (χ0v) is 10.1. The molecular weight excluding hydrogens is 218 g/mol. The minimum absolute atomic E-state index is 0.340. The Balaban J connectivity index is 1.92. The monoisotopic (exact) mass is 233 g/mol. The fourth-order valence-corrected chi connectivity index (χ4v) is 2.50. The van der Waals surface area contributed by atoms with Gasteiger partial charge in [0.05, 0.1) is 11.1 Å². The van der Waals surface area contributed by atoms with E-state index in [2.05, 4.69) is 4.98 Å². The average Bonchev–Trinajstić information content (AvgIpc) is 2.65. The highest BCUT2D eigenvalue weighted by Gasteiger charge is 2.09. The Bertz CT molecular complexity index is 438. The van der Waals surface area contributed by atoms with Gasteiger partial charge in [-0.3, -0.25) is 0 Å². The lowest BCUT2D eigenvalue weighted by atomic mass is 10.1. The van der Waals surface area contributed by atoms with Crippen LogP contribution in [0.4, 0.5) is 0 Å². The number of nitrogens with zero attached hydrogens (tertiary/aromatic N) is 1. The maximum atomic E-state index is 9.93. The largest absolute Gasteiger partial charge is 0.392 e. The van der Waals surface area contributed by atoms with Crippen LogP contribution in [-0.4, -0.2) is 16.2 Å². The van der Waals surface area contributed by atoms with E-state index in [0.29, 0.717) is 12.8 Å². The molecule has 0 aliphatic rings. The van der Waals surface area contributed by atoms with Gasteiger partial charge in [-0.05, 0) is 18.9 Å². The van der Waals surface area contributed by atoms with E-state index >= 15 is 0 Å². The Kier molecular flexibility index (Phi) is 3.70. The van der Waals surface area contributed by atoms with Crippen LogP contribution in [0.15, 0.2) is 35.7 Å². The van der Waals surface area contributed by atoms with Crippen molar-refractivity contribution in [1.82, 2.24) is 4.98 Å². The van der Waals surface area contributed by atoms with E-state index in [1.165, 1.54) is 5.56 Å². The van der Waals surface area contributed by atoms with Crippen molar-refractivity contribution in [2.45, 2.75) is 25.9 Å². The number of benzene rings is 1. The number of hydrogen-bond donors (Lipinski definition) is 1. The Morgan fingerprint density at radius 3 is 2.62 bits per heavy atom. The molecule has 2 aromatic rings. The molecule has 1 aromatic heterocycles. The summed E-state index contributed by atoms with van der Waals surface area (Å²) in [5, 5.41) is 13.0. The van der Waals surface area contributed by atoms with Gasteiger partial charge in [0.25, 0.3) is 0 Å². The van der Waals surface area contributed by atoms with Gasteiger partial charge in [0.15, 0.2) is 0 Å². The lowest BCUT2D eigenvalue weighted by Crippen LogP contribution is -2.13. The summed E-state index contributed by atoms with van der Waals surface area (Å²) in [6.07, 6.45) is 1.00. The lowest BCUT2D eigenvalue weighted by Gasteiger charge is -2.08. The highest BCUT2D eigenvalue weighted by molar-refractivity contribution is 7.09. The zero-order chi connectivity index (χ0) is 11.4. The Labute approximate surface area is 99.6 Å². The standard InChI is InChI=1S/C13H15NOS/c1-10-9-16-13(14-10)8-12(15)7-11-5-3-2-4-6-11/h2-6,9,12,15H,7-8H2,1H3. The molecule has 0 aliphatic heterocycles. The molecule has 0 spiro atoms. The van der Waals surface area contributed by atoms with E-state index in [9.17, 15) is 5.11 Å². The number of aromatic nitrogens is 1. The highest BCUT2D eigenvalue weighted by atomic mass is 32.1. The van der Waals surface area contributed by atoms with E-state index in [-0.39, 0.29) is 6.10 Å². The van der Waals surface area contributed by atoms with E-state index in [1.54, 1.807) is 11.3 Å². The van der Waals surface area contributed by atoms with E-state index in [0.717, 1.165) is 10.7 Å². The fraction of sp³-hybridized carbons (Fsp3) is 0.308. The number of aliphatic hydroxyl groups excluding tert-OH is 1. The predicted octanol–water partition coefficient (Wildman–Crippen LogP) is 2.60. The van der Waals surface area contributed by atoms with E-state index in [4.69, 9.17) is 0 Å². The van der Waals surface area contributed by atoms with Gasteiger partial charge in [-0.2, -0.15) is 0 Å². The molecule has 1 atom stereocenters. The van der Waals surface area contributed by atoms with Crippen molar-refractivity contribution < 1.29 is 5.11 Å². The summed E-state index contributed by atoms with van der Waals surface area (Å²) < 4.78 is 0. The number of aliphatic hydroxyl groups is 1. The van der Waals surface area contributed by atoms with Crippen LogP contribution in [-0.2, 0) is 12.8 Å². The molecule has 0 bridgehead atoms. The Morgan fingerprint density at radius 1 is 1.25 bits per heavy atom. The molecule has 0 radical (unpaired) electrons. The predicted molar refractivity (Wildman–Crippen MR) is 66.7 cm³/mol. The minimum atomic E-state index is -0.340. The van der Waals surface area contributed by atoms with Gasteiger partial charge in [-0.1, -0.05) is 30.3 Å². The molecule has 0 fully saturated rings. The van der Waals surface area contributed by atoms with Gasteiger partial charge in [0.2, 0.25) is 0 Å². The molecule has 1 N–H and O–H groups in total. The summed E-state index contributed by atoms with van der Waals surface area (Å²) in [4.78, 5) is 4.35. The molecule has 0 saturated carbocycles. The Morgan fingerprint density at radius 2 is 2.00 bits per heavy atom. The van der Waals surface area contributed by atoms with Crippen LogP contribution in [0, 0.1) is 6.92 Å². The van der Waals surface area contributed by atoms with Gasteiger partial charge in [-0.15, -0.1) is 11.3 Å². The molecular formula is C13H15NOS. The van der Waals surface area contributed by atoms with E-state index in [1.807, 2.05) is 42.6 Å². The molecule has 84 valence electrons. The third-order valence-electron chi connectivity index (χ3n) is 2.39. The highest BCUT2D eigenvalue weighted by Crippen LogP contribution is 2.13. The summed E-state index contributed by atoms with van der Waals surface area (Å²) in [6.45, 7) is 1.98. The third-order valence-corrected chi connectivity index (χ3v) is 3.38. The fourth-order valence-electron chi connectivity index (χ4n) is 1.66. The second kappa shape index (κ2) is 5.23. The number of aryl methyl sites for hydroxylation is 1. The van der Waals surface area contributed by atoms with Crippen molar-refractivity contribution in [2.24, 2.45) is 0 Å². The molecule has 1 heterocycles. The van der Waals surface area contributed by atoms with Crippen molar-refractivity contribution in [3.05, 3.63) is 52.0 Å². The second-order valence-corrected chi connectivity index (χ2v) is 4.87. The van der Waals surface area contributed by atoms with Gasteiger partial charge < -0.3 is 5.11 Å². The van der Waals surface area contributed by atoms with Crippen molar-refractivity contribution in [2.75, 3.05) is 0 Å². The third kappa shape index (κ3) is 3.15. The maximum absolute atomic E-state index is 9.93. The number of rotatable bonds is 4. The van der Waals surface area contributed by atoms with Gasteiger partial charge in [0.1, 0.15) is 0 Å². The summed E-state index contributed by atoms with van der Waals surface area (Å²) in [5.74, 6) is 0. The SMILES string of the molecule is Cc1csc(CC(O)Cc2ccccc2)n1. The van der Waals surface area contributed by atoms with Crippen LogP contribution >= 0.6 is 11.3 Å². The first-order valence-electron chi connectivity index (χ1n) is 5.37. The van der Waals surface area contributed by atoms with Crippen LogP contribution in [0.3, 0.4) is 0 Å². The number of hydrogen-bond acceptors (Lipinski definition) is 3. The van der Waals surface area contributed by atoms with Gasteiger partial charge >= 0.3 is 0 Å². The first-order chi connectivity index (χ1) is 7.74. The zero-order valence-electron chi connectivity index (χ0n) is 9.26. The first-order valence-corrected chi connectivity index (χ1v) is 6.25. The Hall–Kier alpha value is -1.19. The molecule has 16 heavy (non-hydrogen) atoms. The molecule has 0 amide bonds. The van der Waals surface area contributed by atoms with Gasteiger partial charge in [0, 0.05) is 17.5 Å². The van der Waals surface area contributed by atoms with Crippen LogP contribution in [0.25, 0.3) is 0 Å². The van der Waals surface area contributed by atoms with Crippen molar-refractivity contribution in [3.63, 3.8) is 0 Å². The molecule has 2 rings (SSSR count). The van der Waals surface area contributed by atoms with Crippen LogP contribution in [0.2, 0.25) is 0 Å². The average molecular weight is 233 g/mol. The number of thiazole rings is 1. The van der Waals surface area contributed by atoms with Crippen molar-refractivity contribution >= 4 is 11.3 Å². The van der Waals surface area contributed by atoms with Gasteiger partial charge in [-0.25, -0.2) is 4.98 Å². The normalized spacial score (nSPS) is 12.6. The molecule has 1 unspecified atom stereocenters. The topological polar surface area (TPSA) is 33.1 Å². The summed E-state index contributed by atoms with van der Waals surface area (Å²) in [5.41, 5.74) is 2.20. The molecule has 2 nitrogen and oxygen atoms in total. The summed E-state index contributed by atoms with van der Waals surface area (Å²) >= 11 is 1.62. The van der Waals surface area contributed by atoms with Crippen LogP contribution < -0.4 is 0 Å². The van der Waals surface area contributed by atoms with Crippen molar-refractivity contribution in [3.8, 4) is 0 Å². The smallest absolute Gasteiger partial charge is 0.0954 e. The molecule has 1 aromatic carbocycles. The minimum Gasteiger partial charge on any atom is -0.392 e. The molecule has 0 aliphatic carbocycles. The first kappa shape index (κ1) is 11.3. The van der Waals surface area contributed by atoms with Crippen LogP contribution in [0.5, 0.6) is 0 Å². The summed E-state index contributed by atoms with van der Waals surface area (Å²) in [7, 11) is 0. The van der Waals surface area contributed by atoms with E-state index < -0.39 is 0 Å². The summed E-state index contributed by atoms with van der Waals surface area (Å²) in [6, 6.07) is 10.1. The molecule has 0 saturated heterocycles. The molecule has 3 heteroatoms. The van der Waals surface area contributed by atoms with Crippen molar-refractivity contribution in [1.29, 1.82) is 0 Å². The maximum Gasteiger partial charge on any atom is 0.0954 e. The lowest BCUT2D eigenvalue weighted by molar-refractivity contribution is 0.175. The second-order valence-electron chi connectivity index (χ2n) is 3.93. The van der Waals surface area contributed by atoms with Crippen LogP contribution in [0.1, 0.15) is 16.3 Å². The quantitative estimate of drug-likeness (QED) is 0.880.